The molecule has 3 saturated carbocycles. The van der Waals surface area contributed by atoms with Crippen LogP contribution in [0.4, 0.5) is 4.79 Å². The Bertz CT molecular complexity index is 4620. The third-order valence-corrected chi connectivity index (χ3v) is 28.9. The zero-order chi connectivity index (χ0) is 90.3. The number of Topliss-reactive ketones (excluding diaryl/α,β-unsaturated/α-hetero) is 1. The second-order valence-electron chi connectivity index (χ2n) is 36.3. The highest BCUT2D eigenvalue weighted by Gasteiger charge is 2.69. The van der Waals surface area contributed by atoms with E-state index in [1.165, 1.54) is 30.8 Å². The van der Waals surface area contributed by atoms with Crippen molar-refractivity contribution in [1.82, 2.24) is 63.0 Å². The van der Waals surface area contributed by atoms with Gasteiger partial charge in [-0.3, -0.25) is 58.1 Å². The number of rotatable bonds is 25. The molecule has 6 fully saturated rings. The topological polar surface area (TPSA) is 441 Å². The number of benzene rings is 2. The summed E-state index contributed by atoms with van der Waals surface area (Å²) in [5.74, 6) is -9.41. The van der Waals surface area contributed by atoms with Gasteiger partial charge in [0.25, 0.3) is 5.91 Å². The molecule has 0 bridgehead atoms. The first kappa shape index (κ1) is 95.3. The molecule has 3 saturated heterocycles. The van der Waals surface area contributed by atoms with Gasteiger partial charge in [0.1, 0.15) is 67.1 Å². The first-order valence-corrected chi connectivity index (χ1v) is 46.8. The molecule has 21 atom stereocenters. The van der Waals surface area contributed by atoms with Gasteiger partial charge < -0.3 is 87.2 Å². The van der Waals surface area contributed by atoms with E-state index in [9.17, 15) is 34.5 Å². The fourth-order valence-corrected chi connectivity index (χ4v) is 22.3. The number of amides is 10. The minimum atomic E-state index is -1.82. The van der Waals surface area contributed by atoms with Gasteiger partial charge in [0.05, 0.1) is 49.0 Å². The first-order chi connectivity index (χ1) is 60.2. The number of carbonyl (C=O) groups excluding carboxylic acids is 13. The maximum absolute atomic E-state index is 15.8. The number of unbranched alkanes of at least 4 members (excludes halogenated alkanes) is 1. The number of fused-ring (bicyclic) bond motifs is 6. The number of ketones is 2. The minimum absolute atomic E-state index is 0. The van der Waals surface area contributed by atoms with Crippen LogP contribution in [0.15, 0.2) is 133 Å². The van der Waals surface area contributed by atoms with E-state index in [1.807, 2.05) is 31.2 Å². The summed E-state index contributed by atoms with van der Waals surface area (Å²) in [6.45, 7) is 9.07. The zero-order valence-electron chi connectivity index (χ0n) is 73.0. The fraction of sp³-hybridized carbons (Fsp3) is 0.587. The third-order valence-electron chi connectivity index (χ3n) is 26.5. The Morgan fingerprint density at radius 1 is 0.746 bits per heavy atom. The molecular formula is C92H128N13O19S2+. The van der Waals surface area contributed by atoms with Crippen molar-refractivity contribution in [1.29, 1.82) is 0 Å². The number of nitrogens with zero attached hydrogens (tertiary/aromatic N) is 3. The smallest absolute Gasteiger partial charge is 0.407 e. The predicted molar refractivity (Wildman–Crippen MR) is 473 cm³/mol. The number of ether oxygens (including phenoxy) is 3. The molecule has 20 unspecified atom stereocenters. The first-order valence-electron chi connectivity index (χ1n) is 44.3. The lowest BCUT2D eigenvalue weighted by Gasteiger charge is -2.57. The van der Waals surface area contributed by atoms with Crippen molar-refractivity contribution < 1.29 is 99.3 Å². The van der Waals surface area contributed by atoms with Crippen LogP contribution in [0, 0.1) is 35.0 Å². The number of carbonyl (C=O) groups is 13. The Labute approximate surface area is 746 Å². The van der Waals surface area contributed by atoms with E-state index in [0.717, 1.165) is 32.7 Å². The molecule has 32 nitrogen and oxygen atoms in total. The van der Waals surface area contributed by atoms with Crippen LogP contribution < -0.4 is 57.7 Å². The molecule has 10 amide bonds. The summed E-state index contributed by atoms with van der Waals surface area (Å²) in [7, 11) is 5.07. The highest BCUT2D eigenvalue weighted by atomic mass is 33.1. The van der Waals surface area contributed by atoms with E-state index >= 15 is 43.2 Å². The Hall–Kier alpha value is -9.84. The van der Waals surface area contributed by atoms with Crippen molar-refractivity contribution in [2.24, 2.45) is 42.1 Å². The quantitative estimate of drug-likeness (QED) is 0.0248. The van der Waals surface area contributed by atoms with Crippen LogP contribution in [0.1, 0.15) is 162 Å². The molecule has 5 aliphatic carbocycles. The number of aliphatic hydroxyl groups excluding tert-OH is 3. The van der Waals surface area contributed by atoms with Crippen LogP contribution in [0.3, 0.4) is 0 Å². The second-order valence-corrected chi connectivity index (χ2v) is 38.8. The molecule has 126 heavy (non-hydrogen) atoms. The molecule has 5 heterocycles. The largest absolute Gasteiger partial charge is 0.461 e. The Kier molecular flexibility index (Phi) is 32.4. The van der Waals surface area contributed by atoms with Crippen molar-refractivity contribution >= 4 is 98.4 Å². The monoisotopic (exact) mass is 1780 g/mol. The van der Waals surface area contributed by atoms with Crippen molar-refractivity contribution in [3.63, 3.8) is 0 Å². The summed E-state index contributed by atoms with van der Waals surface area (Å²) in [6, 6.07) is 6.71. The van der Waals surface area contributed by atoms with Gasteiger partial charge in [-0.1, -0.05) is 119 Å². The zero-order valence-corrected chi connectivity index (χ0v) is 74.7. The maximum atomic E-state index is 15.8. The lowest BCUT2D eigenvalue weighted by Crippen LogP contribution is -2.62. The number of pyridine rings is 1. The Morgan fingerprint density at radius 3 is 2.16 bits per heavy atom. The number of likely N-dealkylation sites (tertiary alicyclic amines) is 2. The van der Waals surface area contributed by atoms with Gasteiger partial charge >= 0.3 is 12.1 Å². The molecule has 0 spiro atoms. The second kappa shape index (κ2) is 42.8. The predicted octanol–water partition coefficient (Wildman–Crippen LogP) is 3.89. The summed E-state index contributed by atoms with van der Waals surface area (Å²) in [6.07, 6.45) is 15.1. The Morgan fingerprint density at radius 2 is 1.44 bits per heavy atom. The van der Waals surface area contributed by atoms with Crippen LogP contribution in [-0.2, 0) is 86.8 Å². The number of esters is 1. The summed E-state index contributed by atoms with van der Waals surface area (Å²) in [5, 5.41) is 64.2. The molecule has 686 valence electrons. The van der Waals surface area contributed by atoms with E-state index in [-0.39, 0.29) is 120 Å². The molecule has 9 aliphatic rings. The molecular weight excluding hydrogens is 1660 g/mol. The lowest BCUT2D eigenvalue weighted by molar-refractivity contribution is -0.671. The number of methoxy groups -OCH3 is 1. The van der Waals surface area contributed by atoms with Crippen molar-refractivity contribution in [2.75, 3.05) is 51.4 Å². The summed E-state index contributed by atoms with van der Waals surface area (Å²) < 4.78 is 19.6. The van der Waals surface area contributed by atoms with Crippen LogP contribution in [-0.4, -0.2) is 249 Å². The van der Waals surface area contributed by atoms with E-state index in [0.29, 0.717) is 81.0 Å². The number of aromatic nitrogens is 1. The van der Waals surface area contributed by atoms with Gasteiger partial charge in [0, 0.05) is 77.8 Å². The highest BCUT2D eigenvalue weighted by molar-refractivity contribution is 8.76. The number of aliphatic hydroxyl groups is 3. The molecule has 4 aliphatic heterocycles. The summed E-state index contributed by atoms with van der Waals surface area (Å²) in [5.41, 5.74) is 0.0420. The van der Waals surface area contributed by atoms with Crippen LogP contribution >= 0.6 is 21.6 Å². The number of hydrogen-bond donors (Lipinski definition) is 13. The van der Waals surface area contributed by atoms with Crippen molar-refractivity contribution in [2.45, 2.75) is 247 Å². The normalized spacial score (nSPS) is 30.0. The van der Waals surface area contributed by atoms with Gasteiger partial charge in [-0.05, 0) is 183 Å². The van der Waals surface area contributed by atoms with Crippen LogP contribution in [0.2, 0.25) is 0 Å². The standard InChI is InChI=1S/C92H123N13O19S2.2H2/c1-53(106)70(50-123-88(120)92(122-8)37-36-64-63-34-32-57-44-60(108)33-35-62(57)77(63)75(109)46-91(64,92)6)99-83(115)72-52-126-125-51-71(100-81(113)69(43-56-24-13-10-14-25-56)98-84(116)73-30-20-40-104(73)87(119)74-31-21-41-105(74)86(118)58-26-19-39-103(7)49-58)82(114)97-68(42-55-22-11-9-12-23-55)80(112)96-67(45-59-47-94-65-28-16-15-27-61(59)65)76(110)48-95-66(79(111)102-78(54(2)107)85(117)101-72)29-17-18-38-93-89(121)124-90(3,4)5;;/h9-16,19,22-28,39,44,47,49,53-54,61-75,77-78,94-95,106-107,109H,17-18,20-21,29-38,40-43,45-46,48,50-52H2,1-8H3,(H7-,93,96,97,98,99,100,101,102,111,112,113,114,115,116,117,121);2*1H/p+1/t53?,54?,61?,62?,63?,64?,65?,66?,67?,68?,69?,70?,71?,72?,73?,74?,75?,77?,78?,91?,92-;;/m1../s1/i;2*1+1. The van der Waals surface area contributed by atoms with Gasteiger partial charge in [0.2, 0.25) is 47.3 Å². The van der Waals surface area contributed by atoms with Crippen LogP contribution in [0.25, 0.3) is 0 Å². The molecule has 12 rings (SSSR count). The molecule has 34 heteroatoms. The molecule has 1 aromatic heterocycles. The van der Waals surface area contributed by atoms with Crippen molar-refractivity contribution in [3.8, 4) is 0 Å². The molecule has 13 N–H and O–H groups in total. The number of aryl methyl sites for hydroxylation is 1. The lowest BCUT2D eigenvalue weighted by atomic mass is 9.49. The number of allylic oxidation sites excluding steroid dienone is 3. The number of hydrogen-bond acceptors (Lipinski definition) is 23. The average Bonchev–Trinajstić information content (AvgIpc) is 1.51. The molecule has 2 aromatic carbocycles. The average molecular weight is 1790 g/mol. The van der Waals surface area contributed by atoms with E-state index in [4.69, 9.17) is 14.2 Å². The maximum Gasteiger partial charge on any atom is 0.407 e. The van der Waals surface area contributed by atoms with Gasteiger partial charge in [0.15, 0.2) is 29.6 Å². The molecule has 0 radical (unpaired) electrons. The van der Waals surface area contributed by atoms with E-state index < -0.39 is 179 Å². The van der Waals surface area contributed by atoms with Crippen LogP contribution in [0.5, 0.6) is 0 Å². The van der Waals surface area contributed by atoms with Gasteiger partial charge in [-0.25, -0.2) is 14.2 Å². The van der Waals surface area contributed by atoms with E-state index in [2.05, 4.69) is 53.2 Å². The van der Waals surface area contributed by atoms with Gasteiger partial charge in [-0.15, -0.1) is 0 Å². The fourth-order valence-electron chi connectivity index (χ4n) is 20.0. The summed E-state index contributed by atoms with van der Waals surface area (Å²) in [4.78, 5) is 195. The third kappa shape index (κ3) is 23.2. The van der Waals surface area contributed by atoms with E-state index in [1.54, 1.807) is 130 Å². The SMILES string of the molecule is CO[C@@]1(C(=O)OCC(NC(=O)C2CSSCC(NC(=O)C(Cc3ccccc3)NC(=O)C3CCCN3C(=O)C3CCCN3C(=O)c3ccc[n+](C)c3)C(=O)NC(Cc3ccccc3)C(=O)NC(CC3=CNC4C=CC=CC34)C(=O)CNC(CCCCNC(=O)OC(C)(C)C)C(=O)NC(C(C)O)C(=O)N2)C(C)O)CCC2C3CCC4=CC(=O)CCC4C3C(O)CC21C.[2HH].[2HH]. The van der Waals surface area contributed by atoms with Crippen molar-refractivity contribution in [3.05, 3.63) is 150 Å². The minimum Gasteiger partial charge on any atom is -0.461 e. The molecule has 3 aromatic rings. The van der Waals surface area contributed by atoms with Gasteiger partial charge in [-0.2, -0.15) is 0 Å². The number of alkyl carbamates (subject to hydrolysis) is 1. The summed E-state index contributed by atoms with van der Waals surface area (Å²) >= 11 is 0. The highest BCUT2D eigenvalue weighted by Crippen LogP contribution is 2.66. The Balaban J connectivity index is 0.00000853. The number of nitrogens with one attached hydrogen (secondary N) is 10.